The average molecular weight is 237 g/mol. The predicted octanol–water partition coefficient (Wildman–Crippen LogP) is 0.826. The van der Waals surface area contributed by atoms with Crippen molar-refractivity contribution in [3.63, 3.8) is 0 Å². The lowest BCUT2D eigenvalue weighted by Crippen LogP contribution is -2.30. The molecule has 1 unspecified atom stereocenters. The Balaban J connectivity index is 3.76. The van der Waals surface area contributed by atoms with Crippen LogP contribution >= 0.6 is 0 Å². The van der Waals surface area contributed by atoms with Crippen LogP contribution in [0.4, 0.5) is 0 Å². The fourth-order valence-corrected chi connectivity index (χ4v) is 2.91. The molecule has 0 rings (SSSR count). The summed E-state index contributed by atoms with van der Waals surface area (Å²) < 4.78 is 27.8. The number of methoxy groups -OCH3 is 1. The third-order valence-corrected chi connectivity index (χ3v) is 4.24. The molecule has 0 heterocycles. The van der Waals surface area contributed by atoms with Gasteiger partial charge in [0.05, 0.1) is 12.4 Å². The molecule has 0 aromatic rings. The minimum absolute atomic E-state index is 0.256. The SMILES string of the molecule is CCCS(=O)(=O)CCCC(COC)NC. The van der Waals surface area contributed by atoms with Crippen LogP contribution in [0.1, 0.15) is 26.2 Å². The fourth-order valence-electron chi connectivity index (χ4n) is 1.47. The minimum Gasteiger partial charge on any atom is -0.383 e. The van der Waals surface area contributed by atoms with Gasteiger partial charge in [0.25, 0.3) is 0 Å². The highest BCUT2D eigenvalue weighted by Crippen LogP contribution is 2.03. The number of ether oxygens (including phenoxy) is 1. The largest absolute Gasteiger partial charge is 0.383 e. The fraction of sp³-hybridized carbons (Fsp3) is 1.00. The zero-order chi connectivity index (χ0) is 11.7. The van der Waals surface area contributed by atoms with E-state index in [1.807, 2.05) is 14.0 Å². The second-order valence-corrected chi connectivity index (χ2v) is 6.04. The predicted molar refractivity (Wildman–Crippen MR) is 62.9 cm³/mol. The monoisotopic (exact) mass is 237 g/mol. The smallest absolute Gasteiger partial charge is 0.150 e. The first kappa shape index (κ1) is 14.9. The highest BCUT2D eigenvalue weighted by Gasteiger charge is 2.11. The van der Waals surface area contributed by atoms with Gasteiger partial charge in [0.2, 0.25) is 0 Å². The van der Waals surface area contributed by atoms with Gasteiger partial charge in [0, 0.05) is 18.9 Å². The normalized spacial score (nSPS) is 14.1. The highest BCUT2D eigenvalue weighted by molar-refractivity contribution is 7.91. The molecule has 0 aliphatic rings. The van der Waals surface area contributed by atoms with Gasteiger partial charge in [-0.05, 0) is 26.3 Å². The molecule has 0 spiro atoms. The van der Waals surface area contributed by atoms with Crippen molar-refractivity contribution in [3.05, 3.63) is 0 Å². The van der Waals surface area contributed by atoms with Crippen LogP contribution in [0.25, 0.3) is 0 Å². The van der Waals surface area contributed by atoms with Gasteiger partial charge in [-0.2, -0.15) is 0 Å². The Morgan fingerprint density at radius 2 is 2.00 bits per heavy atom. The Morgan fingerprint density at radius 3 is 2.47 bits per heavy atom. The van der Waals surface area contributed by atoms with Crippen LogP contribution in [-0.4, -0.2) is 46.7 Å². The number of nitrogens with one attached hydrogen (secondary N) is 1. The molecule has 15 heavy (non-hydrogen) atoms. The van der Waals surface area contributed by atoms with E-state index in [1.165, 1.54) is 0 Å². The summed E-state index contributed by atoms with van der Waals surface area (Å²) in [5, 5.41) is 3.10. The van der Waals surface area contributed by atoms with Crippen LogP contribution in [0.15, 0.2) is 0 Å². The van der Waals surface area contributed by atoms with Crippen molar-refractivity contribution in [2.24, 2.45) is 0 Å². The number of sulfone groups is 1. The topological polar surface area (TPSA) is 55.4 Å². The summed E-state index contributed by atoms with van der Waals surface area (Å²) in [6.07, 6.45) is 2.25. The Hall–Kier alpha value is -0.130. The number of likely N-dealkylation sites (N-methyl/N-ethyl adjacent to an activating group) is 1. The van der Waals surface area contributed by atoms with Crippen molar-refractivity contribution in [1.82, 2.24) is 5.32 Å². The summed E-state index contributed by atoms with van der Waals surface area (Å²) >= 11 is 0. The molecule has 0 bridgehead atoms. The quantitative estimate of drug-likeness (QED) is 0.645. The molecule has 0 fully saturated rings. The van der Waals surface area contributed by atoms with Crippen LogP contribution in [0.5, 0.6) is 0 Å². The van der Waals surface area contributed by atoms with E-state index in [4.69, 9.17) is 4.74 Å². The van der Waals surface area contributed by atoms with Crippen molar-refractivity contribution in [2.75, 3.05) is 32.3 Å². The molecule has 5 heteroatoms. The first-order valence-corrected chi connectivity index (χ1v) is 7.24. The molecule has 0 aliphatic heterocycles. The zero-order valence-electron chi connectivity index (χ0n) is 9.95. The molecule has 0 saturated carbocycles. The van der Waals surface area contributed by atoms with Crippen molar-refractivity contribution < 1.29 is 13.2 Å². The van der Waals surface area contributed by atoms with Crippen molar-refractivity contribution >= 4 is 9.84 Å². The first-order chi connectivity index (χ1) is 7.05. The van der Waals surface area contributed by atoms with Crippen LogP contribution in [-0.2, 0) is 14.6 Å². The second-order valence-electron chi connectivity index (χ2n) is 3.73. The lowest BCUT2D eigenvalue weighted by atomic mass is 10.2. The third kappa shape index (κ3) is 7.76. The second kappa shape index (κ2) is 8.07. The van der Waals surface area contributed by atoms with E-state index in [0.29, 0.717) is 31.0 Å². The lowest BCUT2D eigenvalue weighted by molar-refractivity contribution is 0.165. The molecule has 0 radical (unpaired) electrons. The van der Waals surface area contributed by atoms with Crippen molar-refractivity contribution in [1.29, 1.82) is 0 Å². The Morgan fingerprint density at radius 1 is 1.33 bits per heavy atom. The first-order valence-electron chi connectivity index (χ1n) is 5.42. The van der Waals surface area contributed by atoms with Gasteiger partial charge in [-0.25, -0.2) is 8.42 Å². The Kier molecular flexibility index (Phi) is 8.00. The number of hydrogen-bond donors (Lipinski definition) is 1. The van der Waals surface area contributed by atoms with Gasteiger partial charge in [0.15, 0.2) is 0 Å². The summed E-state index contributed by atoms with van der Waals surface area (Å²) in [5.41, 5.74) is 0. The molecule has 1 N–H and O–H groups in total. The maximum atomic E-state index is 11.4. The Bertz CT molecular complexity index is 239. The standard InChI is InChI=1S/C10H23NO3S/c1-4-7-15(12,13)8-5-6-10(11-2)9-14-3/h10-11H,4-9H2,1-3H3. The van der Waals surface area contributed by atoms with E-state index in [0.717, 1.165) is 6.42 Å². The Labute approximate surface area is 93.3 Å². The molecule has 1 atom stereocenters. The van der Waals surface area contributed by atoms with Crippen LogP contribution in [0.2, 0.25) is 0 Å². The lowest BCUT2D eigenvalue weighted by Gasteiger charge is -2.14. The molecule has 0 amide bonds. The molecule has 0 saturated heterocycles. The van der Waals surface area contributed by atoms with Gasteiger partial charge in [-0.15, -0.1) is 0 Å². The van der Waals surface area contributed by atoms with Gasteiger partial charge in [0.1, 0.15) is 9.84 Å². The number of rotatable bonds is 9. The zero-order valence-corrected chi connectivity index (χ0v) is 10.8. The highest BCUT2D eigenvalue weighted by atomic mass is 32.2. The summed E-state index contributed by atoms with van der Waals surface area (Å²) in [6.45, 7) is 2.52. The van der Waals surface area contributed by atoms with Crippen LogP contribution < -0.4 is 5.32 Å². The van der Waals surface area contributed by atoms with E-state index >= 15 is 0 Å². The van der Waals surface area contributed by atoms with Gasteiger partial charge in [-0.1, -0.05) is 6.92 Å². The summed E-state index contributed by atoms with van der Waals surface area (Å²) in [6, 6.07) is 0.256. The molecular weight excluding hydrogens is 214 g/mol. The average Bonchev–Trinajstić information content (AvgIpc) is 2.16. The molecule has 0 aromatic carbocycles. The van der Waals surface area contributed by atoms with Crippen LogP contribution in [0.3, 0.4) is 0 Å². The maximum absolute atomic E-state index is 11.4. The summed E-state index contributed by atoms with van der Waals surface area (Å²) in [4.78, 5) is 0. The third-order valence-electron chi connectivity index (χ3n) is 2.30. The maximum Gasteiger partial charge on any atom is 0.150 e. The van der Waals surface area contributed by atoms with E-state index in [2.05, 4.69) is 5.32 Å². The number of hydrogen-bond acceptors (Lipinski definition) is 4. The summed E-state index contributed by atoms with van der Waals surface area (Å²) in [5.74, 6) is 0.601. The van der Waals surface area contributed by atoms with Gasteiger partial charge < -0.3 is 10.1 Å². The molecule has 0 aromatic heterocycles. The van der Waals surface area contributed by atoms with Gasteiger partial charge >= 0.3 is 0 Å². The summed E-state index contributed by atoms with van der Waals surface area (Å²) in [7, 11) is 0.697. The van der Waals surface area contributed by atoms with E-state index in [-0.39, 0.29) is 6.04 Å². The van der Waals surface area contributed by atoms with Gasteiger partial charge in [-0.3, -0.25) is 0 Å². The minimum atomic E-state index is -2.82. The molecule has 4 nitrogen and oxygen atoms in total. The van der Waals surface area contributed by atoms with Crippen molar-refractivity contribution in [2.45, 2.75) is 32.2 Å². The van der Waals surface area contributed by atoms with Crippen molar-refractivity contribution in [3.8, 4) is 0 Å². The molecular formula is C10H23NO3S. The van der Waals surface area contributed by atoms with E-state index < -0.39 is 9.84 Å². The van der Waals surface area contributed by atoms with Crippen LogP contribution in [0, 0.1) is 0 Å². The van der Waals surface area contributed by atoms with E-state index in [1.54, 1.807) is 7.11 Å². The molecule has 92 valence electrons. The van der Waals surface area contributed by atoms with E-state index in [9.17, 15) is 8.42 Å². The molecule has 0 aliphatic carbocycles.